The summed E-state index contributed by atoms with van der Waals surface area (Å²) >= 11 is 0. The number of hydrogen-bond acceptors (Lipinski definition) is 3. The fourth-order valence-corrected chi connectivity index (χ4v) is 2.75. The quantitative estimate of drug-likeness (QED) is 0.672. The summed E-state index contributed by atoms with van der Waals surface area (Å²) < 4.78 is 1.90. The smallest absolute Gasteiger partial charge is 0.0679 e. The summed E-state index contributed by atoms with van der Waals surface area (Å²) in [6.07, 6.45) is 10.8. The highest BCUT2D eigenvalue weighted by atomic mass is 15.3. The Labute approximate surface area is 143 Å². The van der Waals surface area contributed by atoms with Crippen molar-refractivity contribution in [3.63, 3.8) is 0 Å². The molecule has 0 atom stereocenters. The van der Waals surface area contributed by atoms with E-state index in [4.69, 9.17) is 0 Å². The van der Waals surface area contributed by atoms with Gasteiger partial charge in [0.25, 0.3) is 0 Å². The van der Waals surface area contributed by atoms with Crippen molar-refractivity contribution in [1.82, 2.24) is 19.7 Å². The van der Waals surface area contributed by atoms with Crippen molar-refractivity contribution in [3.05, 3.63) is 60.4 Å². The third-order valence-corrected chi connectivity index (χ3v) is 3.93. The van der Waals surface area contributed by atoms with Gasteiger partial charge in [0.2, 0.25) is 0 Å². The Hall–Kier alpha value is -2.49. The third-order valence-electron chi connectivity index (χ3n) is 3.93. The molecule has 3 aromatic heterocycles. The molecule has 0 bridgehead atoms. The molecule has 3 rings (SSSR count). The number of pyridine rings is 2. The molecule has 124 valence electrons. The average Bonchev–Trinajstić information content (AvgIpc) is 3.06. The molecule has 0 saturated heterocycles. The normalized spacial score (nSPS) is 11.2. The van der Waals surface area contributed by atoms with E-state index >= 15 is 0 Å². The van der Waals surface area contributed by atoms with E-state index in [1.54, 1.807) is 0 Å². The van der Waals surface area contributed by atoms with Crippen LogP contribution >= 0.6 is 0 Å². The second kappa shape index (κ2) is 7.39. The van der Waals surface area contributed by atoms with Crippen LogP contribution in [0.15, 0.2) is 49.1 Å². The van der Waals surface area contributed by atoms with Crippen LogP contribution in [0.4, 0.5) is 0 Å². The number of aromatic nitrogens is 4. The third kappa shape index (κ3) is 3.88. The van der Waals surface area contributed by atoms with Gasteiger partial charge in [-0.3, -0.25) is 9.97 Å². The molecule has 0 amide bonds. The SMILES string of the molecule is CCCc1cc(-n2cc(-c3ccc(CC(C)C)nc3)cn2)ccn1. The first-order chi connectivity index (χ1) is 11.7. The second-order valence-electron chi connectivity index (χ2n) is 6.57. The van der Waals surface area contributed by atoms with Crippen molar-refractivity contribution >= 4 is 0 Å². The van der Waals surface area contributed by atoms with Gasteiger partial charge in [0.15, 0.2) is 0 Å². The minimum Gasteiger partial charge on any atom is -0.261 e. The maximum Gasteiger partial charge on any atom is 0.0679 e. The van der Waals surface area contributed by atoms with E-state index in [2.05, 4.69) is 54.0 Å². The highest BCUT2D eigenvalue weighted by Gasteiger charge is 2.06. The van der Waals surface area contributed by atoms with Gasteiger partial charge in [-0.05, 0) is 37.0 Å². The van der Waals surface area contributed by atoms with Crippen LogP contribution in [0.1, 0.15) is 38.6 Å². The first kappa shape index (κ1) is 16.4. The Morgan fingerprint density at radius 3 is 2.58 bits per heavy atom. The van der Waals surface area contributed by atoms with Crippen molar-refractivity contribution in [2.24, 2.45) is 5.92 Å². The molecule has 3 heterocycles. The minimum atomic E-state index is 0.620. The molecular weight excluding hydrogens is 296 g/mol. The summed E-state index contributed by atoms with van der Waals surface area (Å²) in [6, 6.07) is 8.32. The van der Waals surface area contributed by atoms with Crippen molar-refractivity contribution in [2.45, 2.75) is 40.0 Å². The largest absolute Gasteiger partial charge is 0.261 e. The van der Waals surface area contributed by atoms with E-state index in [9.17, 15) is 0 Å². The molecule has 24 heavy (non-hydrogen) atoms. The monoisotopic (exact) mass is 320 g/mol. The first-order valence-corrected chi connectivity index (χ1v) is 8.61. The summed E-state index contributed by atoms with van der Waals surface area (Å²) in [5.74, 6) is 0.620. The minimum absolute atomic E-state index is 0.620. The Kier molecular flexibility index (Phi) is 5.04. The van der Waals surface area contributed by atoms with E-state index in [0.29, 0.717) is 5.92 Å². The summed E-state index contributed by atoms with van der Waals surface area (Å²) in [5, 5.41) is 4.50. The van der Waals surface area contributed by atoms with Crippen LogP contribution in [-0.2, 0) is 12.8 Å². The van der Waals surface area contributed by atoms with Gasteiger partial charge in [0, 0.05) is 41.1 Å². The Balaban J connectivity index is 1.81. The molecule has 0 aliphatic rings. The molecule has 0 aliphatic heterocycles. The van der Waals surface area contributed by atoms with Crippen molar-refractivity contribution in [2.75, 3.05) is 0 Å². The molecule has 0 N–H and O–H groups in total. The molecule has 0 spiro atoms. The fourth-order valence-electron chi connectivity index (χ4n) is 2.75. The average molecular weight is 320 g/mol. The molecule has 4 nitrogen and oxygen atoms in total. The maximum atomic E-state index is 4.57. The zero-order valence-electron chi connectivity index (χ0n) is 14.6. The van der Waals surface area contributed by atoms with Gasteiger partial charge in [-0.15, -0.1) is 0 Å². The van der Waals surface area contributed by atoms with Gasteiger partial charge in [0.1, 0.15) is 0 Å². The second-order valence-corrected chi connectivity index (χ2v) is 6.57. The first-order valence-electron chi connectivity index (χ1n) is 8.61. The van der Waals surface area contributed by atoms with Crippen LogP contribution in [0, 0.1) is 5.92 Å². The number of hydrogen-bond donors (Lipinski definition) is 0. The van der Waals surface area contributed by atoms with E-state index in [-0.39, 0.29) is 0 Å². The van der Waals surface area contributed by atoms with Gasteiger partial charge in [-0.1, -0.05) is 33.3 Å². The number of aryl methyl sites for hydroxylation is 1. The summed E-state index contributed by atoms with van der Waals surface area (Å²) in [4.78, 5) is 8.97. The summed E-state index contributed by atoms with van der Waals surface area (Å²) in [6.45, 7) is 6.58. The van der Waals surface area contributed by atoms with E-state index < -0.39 is 0 Å². The van der Waals surface area contributed by atoms with Gasteiger partial charge in [0.05, 0.1) is 11.9 Å². The molecule has 0 radical (unpaired) electrons. The highest BCUT2D eigenvalue weighted by molar-refractivity contribution is 5.61. The molecule has 0 aromatic carbocycles. The predicted octanol–water partition coefficient (Wildman–Crippen LogP) is 4.48. The lowest BCUT2D eigenvalue weighted by Gasteiger charge is -2.05. The van der Waals surface area contributed by atoms with Crippen LogP contribution < -0.4 is 0 Å². The van der Waals surface area contributed by atoms with Crippen molar-refractivity contribution in [1.29, 1.82) is 0 Å². The fraction of sp³-hybridized carbons (Fsp3) is 0.350. The van der Waals surface area contributed by atoms with Gasteiger partial charge in [-0.2, -0.15) is 5.10 Å². The Morgan fingerprint density at radius 1 is 1.00 bits per heavy atom. The van der Waals surface area contributed by atoms with E-state index in [0.717, 1.165) is 47.5 Å². The topological polar surface area (TPSA) is 43.6 Å². The van der Waals surface area contributed by atoms with Gasteiger partial charge >= 0.3 is 0 Å². The Morgan fingerprint density at radius 2 is 1.88 bits per heavy atom. The lowest BCUT2D eigenvalue weighted by molar-refractivity contribution is 0.635. The van der Waals surface area contributed by atoms with Crippen molar-refractivity contribution in [3.8, 4) is 16.8 Å². The van der Waals surface area contributed by atoms with E-state index in [1.165, 1.54) is 0 Å². The lowest BCUT2D eigenvalue weighted by atomic mass is 10.1. The standard InChI is InChI=1S/C20H24N4/c1-4-5-18-11-20(8-9-21-18)24-14-17(13-23-24)16-6-7-19(22-12-16)10-15(2)3/h6-9,11-15H,4-5,10H2,1-3H3. The van der Waals surface area contributed by atoms with Crippen LogP contribution in [0.5, 0.6) is 0 Å². The number of rotatable bonds is 6. The molecule has 3 aromatic rings. The van der Waals surface area contributed by atoms with Crippen LogP contribution in [0.25, 0.3) is 16.8 Å². The van der Waals surface area contributed by atoms with Crippen LogP contribution in [-0.4, -0.2) is 19.7 Å². The Bertz CT molecular complexity index is 787. The molecular formula is C20H24N4. The molecule has 0 fully saturated rings. The molecule has 0 unspecified atom stereocenters. The van der Waals surface area contributed by atoms with E-state index in [1.807, 2.05) is 35.5 Å². The molecule has 4 heteroatoms. The summed E-state index contributed by atoms with van der Waals surface area (Å²) in [7, 11) is 0. The number of nitrogens with zero attached hydrogens (tertiary/aromatic N) is 4. The van der Waals surface area contributed by atoms with Crippen LogP contribution in [0.3, 0.4) is 0 Å². The van der Waals surface area contributed by atoms with Gasteiger partial charge in [-0.25, -0.2) is 4.68 Å². The maximum absolute atomic E-state index is 4.57. The van der Waals surface area contributed by atoms with Gasteiger partial charge < -0.3 is 0 Å². The highest BCUT2D eigenvalue weighted by Crippen LogP contribution is 2.20. The molecule has 0 saturated carbocycles. The zero-order chi connectivity index (χ0) is 16.9. The zero-order valence-corrected chi connectivity index (χ0v) is 14.6. The molecule has 0 aliphatic carbocycles. The summed E-state index contributed by atoms with van der Waals surface area (Å²) in [5.41, 5.74) is 5.46. The predicted molar refractivity (Wildman–Crippen MR) is 97.1 cm³/mol. The van der Waals surface area contributed by atoms with Crippen LogP contribution in [0.2, 0.25) is 0 Å². The van der Waals surface area contributed by atoms with Crippen molar-refractivity contribution < 1.29 is 0 Å². The lowest BCUT2D eigenvalue weighted by Crippen LogP contribution is -1.97.